The second-order valence-corrected chi connectivity index (χ2v) is 11.7. The molecule has 0 unspecified atom stereocenters. The van der Waals surface area contributed by atoms with Crippen LogP contribution in [0.1, 0.15) is 88.5 Å². The molecule has 0 radical (unpaired) electrons. The van der Waals surface area contributed by atoms with E-state index in [9.17, 15) is 14.4 Å². The van der Waals surface area contributed by atoms with Crippen LogP contribution in [0.15, 0.2) is 11.6 Å². The van der Waals surface area contributed by atoms with E-state index in [1.54, 1.807) is 31.9 Å². The molecule has 1 saturated heterocycles. The number of carbonyl (C=O) groups is 3. The Hall–Kier alpha value is -1.89. The molecule has 1 rings (SSSR count). The van der Waals surface area contributed by atoms with Crippen molar-refractivity contribution in [3.63, 3.8) is 0 Å². The summed E-state index contributed by atoms with van der Waals surface area (Å²) in [5.74, 6) is 0.0699. The van der Waals surface area contributed by atoms with Crippen LogP contribution in [-0.4, -0.2) is 72.0 Å². The van der Waals surface area contributed by atoms with Gasteiger partial charge in [-0.05, 0) is 57.8 Å². The highest BCUT2D eigenvalue weighted by Crippen LogP contribution is 2.28. The number of amides is 2. The first-order chi connectivity index (χ1) is 16.1. The summed E-state index contributed by atoms with van der Waals surface area (Å²) in [7, 11) is 1.75. The number of likely N-dealkylation sites (N-methyl/N-ethyl adjacent to an activating group) is 1. The number of hydrogen-bond acceptors (Lipinski definition) is 5. The molecule has 1 heterocycles. The number of ether oxygens (including phenoxy) is 1. The number of carbonyl (C=O) groups excluding carboxylic acids is 3. The molecule has 0 aliphatic carbocycles. The lowest BCUT2D eigenvalue weighted by atomic mass is 9.84. The van der Waals surface area contributed by atoms with Crippen LogP contribution in [0, 0.1) is 17.3 Å². The third kappa shape index (κ3) is 8.62. The van der Waals surface area contributed by atoms with Crippen molar-refractivity contribution in [3.05, 3.63) is 11.6 Å². The zero-order chi connectivity index (χ0) is 27.1. The molecule has 35 heavy (non-hydrogen) atoms. The number of esters is 1. The van der Waals surface area contributed by atoms with Gasteiger partial charge in [0.05, 0.1) is 18.7 Å². The van der Waals surface area contributed by atoms with Crippen molar-refractivity contribution in [1.29, 1.82) is 0 Å². The first kappa shape index (κ1) is 31.1. The van der Waals surface area contributed by atoms with E-state index >= 15 is 0 Å². The first-order valence-electron chi connectivity index (χ1n) is 13.3. The van der Waals surface area contributed by atoms with E-state index in [2.05, 4.69) is 31.0 Å². The third-order valence-corrected chi connectivity index (χ3v) is 7.16. The van der Waals surface area contributed by atoms with Gasteiger partial charge in [-0.15, -0.1) is 0 Å². The highest BCUT2D eigenvalue weighted by molar-refractivity contribution is 5.91. The fraction of sp³-hybridized carbons (Fsp3) is 0.821. The molecule has 4 atom stereocenters. The molecule has 1 aliphatic rings. The van der Waals surface area contributed by atoms with E-state index in [0.29, 0.717) is 18.1 Å². The van der Waals surface area contributed by atoms with E-state index in [4.69, 9.17) is 4.74 Å². The minimum absolute atomic E-state index is 0.0744. The van der Waals surface area contributed by atoms with Crippen LogP contribution in [-0.2, 0) is 19.1 Å². The minimum atomic E-state index is -0.685. The molecule has 1 N–H and O–H groups in total. The Morgan fingerprint density at radius 2 is 1.71 bits per heavy atom. The summed E-state index contributed by atoms with van der Waals surface area (Å²) in [5, 5.41) is 3.13. The molecule has 0 aromatic rings. The maximum atomic E-state index is 13.8. The summed E-state index contributed by atoms with van der Waals surface area (Å²) in [5.41, 5.74) is -0.00655. The molecule has 7 heteroatoms. The van der Waals surface area contributed by atoms with Crippen molar-refractivity contribution < 1.29 is 19.1 Å². The molecule has 2 amide bonds. The Kier molecular flexibility index (Phi) is 11.9. The zero-order valence-electron chi connectivity index (χ0n) is 24.1. The molecule has 0 aromatic heterocycles. The Balaban J connectivity index is 3.17. The van der Waals surface area contributed by atoms with Gasteiger partial charge in [0, 0.05) is 25.2 Å². The molecule has 202 valence electrons. The predicted molar refractivity (Wildman–Crippen MR) is 142 cm³/mol. The summed E-state index contributed by atoms with van der Waals surface area (Å²) in [6, 6.07) is -0.961. The molecular formula is C28H51N3O4. The van der Waals surface area contributed by atoms with Crippen molar-refractivity contribution in [2.75, 3.05) is 20.2 Å². The lowest BCUT2D eigenvalue weighted by molar-refractivity contribution is -0.142. The second kappa shape index (κ2) is 13.4. The SMILES string of the molecule is CCOC(=O)/C(C)=C/[C@H](C(C)C)N(C)C(=O)[C@@H](NC(=O)[C@H]1CC[C@@H](CC)CN1C(C)C)C(C)(C)C. The van der Waals surface area contributed by atoms with E-state index in [1.807, 2.05) is 34.6 Å². The van der Waals surface area contributed by atoms with Gasteiger partial charge in [0.1, 0.15) is 6.04 Å². The average molecular weight is 494 g/mol. The predicted octanol–water partition coefficient (Wildman–Crippen LogP) is 4.41. The number of nitrogens with one attached hydrogen (secondary N) is 1. The van der Waals surface area contributed by atoms with Crippen LogP contribution in [0.4, 0.5) is 0 Å². The Bertz CT molecular complexity index is 754. The van der Waals surface area contributed by atoms with Crippen LogP contribution >= 0.6 is 0 Å². The standard InChI is InChI=1S/C28H51N3O4/c1-12-21-14-15-22(31(17-21)19(5)6)25(32)29-24(28(8,9)10)26(33)30(11)23(18(3)4)16-20(7)27(34)35-13-2/h16,18-19,21-24H,12-15,17H2,1-11H3,(H,29,32)/b20-16+/t21-,22-,23-,24-/m1/s1. The van der Waals surface area contributed by atoms with Crippen molar-refractivity contribution in [2.45, 2.75) is 113 Å². The molecule has 1 fully saturated rings. The highest BCUT2D eigenvalue weighted by atomic mass is 16.5. The van der Waals surface area contributed by atoms with E-state index < -0.39 is 11.5 Å². The first-order valence-corrected chi connectivity index (χ1v) is 13.3. The summed E-state index contributed by atoms with van der Waals surface area (Å²) in [6.07, 6.45) is 4.74. The van der Waals surface area contributed by atoms with Gasteiger partial charge in [0.15, 0.2) is 0 Å². The molecule has 7 nitrogen and oxygen atoms in total. The van der Waals surface area contributed by atoms with Gasteiger partial charge in [0.25, 0.3) is 0 Å². The fourth-order valence-electron chi connectivity index (χ4n) is 4.82. The quantitative estimate of drug-likeness (QED) is 0.360. The highest BCUT2D eigenvalue weighted by Gasteiger charge is 2.40. The third-order valence-electron chi connectivity index (χ3n) is 7.16. The van der Waals surface area contributed by atoms with Gasteiger partial charge in [0.2, 0.25) is 11.8 Å². The second-order valence-electron chi connectivity index (χ2n) is 11.7. The Morgan fingerprint density at radius 1 is 1.11 bits per heavy atom. The molecule has 0 saturated carbocycles. The topological polar surface area (TPSA) is 79.0 Å². The smallest absolute Gasteiger partial charge is 0.333 e. The van der Waals surface area contributed by atoms with E-state index in [1.165, 1.54) is 0 Å². The van der Waals surface area contributed by atoms with Crippen LogP contribution in [0.2, 0.25) is 0 Å². The number of piperidine rings is 1. The Morgan fingerprint density at radius 3 is 2.17 bits per heavy atom. The van der Waals surface area contributed by atoms with Gasteiger partial charge in [-0.3, -0.25) is 14.5 Å². The summed E-state index contributed by atoms with van der Waals surface area (Å²) in [4.78, 5) is 43.5. The number of rotatable bonds is 10. The van der Waals surface area contributed by atoms with Gasteiger partial charge >= 0.3 is 5.97 Å². The van der Waals surface area contributed by atoms with Gasteiger partial charge in [-0.2, -0.15) is 0 Å². The summed E-state index contributed by atoms with van der Waals surface area (Å²) in [6.45, 7) is 21.1. The van der Waals surface area contributed by atoms with Crippen LogP contribution in [0.3, 0.4) is 0 Å². The lowest BCUT2D eigenvalue weighted by Gasteiger charge is -2.43. The molecule has 1 aliphatic heterocycles. The van der Waals surface area contributed by atoms with Crippen molar-refractivity contribution >= 4 is 17.8 Å². The zero-order valence-corrected chi connectivity index (χ0v) is 24.1. The molecule has 0 bridgehead atoms. The lowest BCUT2D eigenvalue weighted by Crippen LogP contribution is -2.61. The molecule has 0 spiro atoms. The molecular weight excluding hydrogens is 442 g/mol. The summed E-state index contributed by atoms with van der Waals surface area (Å²) < 4.78 is 5.12. The summed E-state index contributed by atoms with van der Waals surface area (Å²) >= 11 is 0. The van der Waals surface area contributed by atoms with Crippen molar-refractivity contribution in [3.8, 4) is 0 Å². The molecule has 0 aromatic carbocycles. The van der Waals surface area contributed by atoms with Crippen molar-refractivity contribution in [1.82, 2.24) is 15.1 Å². The largest absolute Gasteiger partial charge is 0.463 e. The van der Waals surface area contributed by atoms with Gasteiger partial charge in [-0.1, -0.05) is 54.0 Å². The van der Waals surface area contributed by atoms with Crippen LogP contribution in [0.25, 0.3) is 0 Å². The monoisotopic (exact) mass is 493 g/mol. The van der Waals surface area contributed by atoms with Gasteiger partial charge in [-0.25, -0.2) is 4.79 Å². The number of nitrogens with zero attached hydrogens (tertiary/aromatic N) is 2. The van der Waals surface area contributed by atoms with E-state index in [-0.39, 0.29) is 41.8 Å². The minimum Gasteiger partial charge on any atom is -0.463 e. The maximum Gasteiger partial charge on any atom is 0.333 e. The van der Waals surface area contributed by atoms with Crippen LogP contribution in [0.5, 0.6) is 0 Å². The Labute approximate surface area is 214 Å². The van der Waals surface area contributed by atoms with Gasteiger partial charge < -0.3 is 15.0 Å². The average Bonchev–Trinajstić information content (AvgIpc) is 2.78. The fourth-order valence-corrected chi connectivity index (χ4v) is 4.82. The maximum absolute atomic E-state index is 13.8. The number of hydrogen-bond donors (Lipinski definition) is 1. The normalized spacial score (nSPS) is 21.6. The van der Waals surface area contributed by atoms with Crippen molar-refractivity contribution in [2.24, 2.45) is 17.3 Å². The van der Waals surface area contributed by atoms with Crippen LogP contribution < -0.4 is 5.32 Å². The van der Waals surface area contributed by atoms with E-state index in [0.717, 1.165) is 25.8 Å². The number of likely N-dealkylation sites (tertiary alicyclic amines) is 1.